The zero-order valence-corrected chi connectivity index (χ0v) is 19.2. The van der Waals surface area contributed by atoms with E-state index in [0.29, 0.717) is 5.02 Å². The molecule has 0 saturated carbocycles. The number of carbonyl (C=O) groups is 1. The predicted octanol–water partition coefficient (Wildman–Crippen LogP) is 7.28. The molecule has 2 N–H and O–H groups in total. The minimum atomic E-state index is -0.0676. The van der Waals surface area contributed by atoms with Crippen LogP contribution < -0.4 is 5.32 Å². The highest BCUT2D eigenvalue weighted by Crippen LogP contribution is 2.40. The zero-order valence-electron chi connectivity index (χ0n) is 16.8. The summed E-state index contributed by atoms with van der Waals surface area (Å²) in [4.78, 5) is 16.8. The van der Waals surface area contributed by atoms with Crippen LogP contribution in [0.25, 0.3) is 10.9 Å². The highest BCUT2D eigenvalue weighted by Gasteiger charge is 2.25. The molecule has 2 aromatic carbocycles. The zero-order chi connectivity index (χ0) is 20.8. The Morgan fingerprint density at radius 1 is 1.07 bits per heavy atom. The van der Waals surface area contributed by atoms with Gasteiger partial charge in [-0.25, -0.2) is 0 Å². The largest absolute Gasteiger partial charge is 0.361 e. The van der Waals surface area contributed by atoms with E-state index in [1.807, 2.05) is 30.5 Å². The second-order valence-corrected chi connectivity index (χ2v) is 9.78. The number of thioether (sulfide) groups is 2. The van der Waals surface area contributed by atoms with E-state index in [4.69, 9.17) is 11.6 Å². The van der Waals surface area contributed by atoms with Gasteiger partial charge >= 0.3 is 0 Å². The van der Waals surface area contributed by atoms with Crippen molar-refractivity contribution < 1.29 is 4.79 Å². The van der Waals surface area contributed by atoms with E-state index >= 15 is 0 Å². The molecule has 0 radical (unpaired) electrons. The number of H-pyrrole nitrogens is 1. The number of para-hydroxylation sites is 1. The third-order valence-corrected chi connectivity index (χ3v) is 7.14. The van der Waals surface area contributed by atoms with Crippen LogP contribution in [-0.2, 0) is 4.79 Å². The number of aromatic amines is 1. The van der Waals surface area contributed by atoms with Gasteiger partial charge < -0.3 is 10.3 Å². The van der Waals surface area contributed by atoms with Gasteiger partial charge in [0.25, 0.3) is 5.91 Å². The molecule has 152 valence electrons. The van der Waals surface area contributed by atoms with Crippen LogP contribution in [0.4, 0.5) is 5.69 Å². The standard InChI is InChI=1S/C23H25ClN2OS2/c1-4-28-23(29-5-2)21(22(27)26-17-12-10-16(24)11-13-17)15(3)19-14-25-20-9-7-6-8-18(19)20/h6-15,25H,4-5H2,1-3H3,(H,26,27). The highest BCUT2D eigenvalue weighted by molar-refractivity contribution is 8.22. The maximum atomic E-state index is 13.4. The summed E-state index contributed by atoms with van der Waals surface area (Å²) < 4.78 is 1.08. The van der Waals surface area contributed by atoms with Gasteiger partial charge in [0.15, 0.2) is 0 Å². The molecule has 6 heteroatoms. The van der Waals surface area contributed by atoms with E-state index in [1.54, 1.807) is 35.7 Å². The van der Waals surface area contributed by atoms with Gasteiger partial charge in [0, 0.05) is 43.5 Å². The second kappa shape index (κ2) is 10.3. The van der Waals surface area contributed by atoms with Crippen LogP contribution in [0.15, 0.2) is 64.5 Å². The van der Waals surface area contributed by atoms with Crippen molar-refractivity contribution >= 4 is 57.6 Å². The Morgan fingerprint density at radius 2 is 1.72 bits per heavy atom. The predicted molar refractivity (Wildman–Crippen MR) is 130 cm³/mol. The topological polar surface area (TPSA) is 44.9 Å². The fourth-order valence-electron chi connectivity index (χ4n) is 3.26. The second-order valence-electron chi connectivity index (χ2n) is 6.54. The average Bonchev–Trinajstić information content (AvgIpc) is 3.14. The Bertz CT molecular complexity index is 1000. The molecule has 1 aromatic heterocycles. The van der Waals surface area contributed by atoms with Crippen molar-refractivity contribution in [1.82, 2.24) is 4.98 Å². The number of carbonyl (C=O) groups excluding carboxylic acids is 1. The van der Waals surface area contributed by atoms with Gasteiger partial charge in [-0.2, -0.15) is 0 Å². The van der Waals surface area contributed by atoms with Crippen LogP contribution in [0, 0.1) is 0 Å². The number of hydrogen-bond acceptors (Lipinski definition) is 3. The summed E-state index contributed by atoms with van der Waals surface area (Å²) in [7, 11) is 0. The van der Waals surface area contributed by atoms with Crippen molar-refractivity contribution in [2.45, 2.75) is 26.7 Å². The van der Waals surface area contributed by atoms with Crippen molar-refractivity contribution in [1.29, 1.82) is 0 Å². The first kappa shape index (κ1) is 21.9. The summed E-state index contributed by atoms with van der Waals surface area (Å²) in [6.07, 6.45) is 2.02. The summed E-state index contributed by atoms with van der Waals surface area (Å²) in [6.45, 7) is 6.34. The molecule has 29 heavy (non-hydrogen) atoms. The van der Waals surface area contributed by atoms with Crippen molar-refractivity contribution in [3.63, 3.8) is 0 Å². The number of halogens is 1. The Labute approximate surface area is 185 Å². The summed E-state index contributed by atoms with van der Waals surface area (Å²) in [5.74, 6) is 1.72. The summed E-state index contributed by atoms with van der Waals surface area (Å²) >= 11 is 9.45. The Morgan fingerprint density at radius 3 is 2.38 bits per heavy atom. The first-order valence-electron chi connectivity index (χ1n) is 9.67. The van der Waals surface area contributed by atoms with E-state index in [2.05, 4.69) is 43.2 Å². The molecule has 0 aliphatic rings. The average molecular weight is 445 g/mol. The number of amides is 1. The van der Waals surface area contributed by atoms with Crippen LogP contribution in [0.3, 0.4) is 0 Å². The van der Waals surface area contributed by atoms with Crippen molar-refractivity contribution in [2.24, 2.45) is 0 Å². The molecule has 0 aliphatic heterocycles. The number of fused-ring (bicyclic) bond motifs is 1. The molecule has 1 amide bonds. The maximum Gasteiger partial charge on any atom is 0.253 e. The van der Waals surface area contributed by atoms with Gasteiger partial charge in [0.2, 0.25) is 0 Å². The van der Waals surface area contributed by atoms with Crippen LogP contribution in [0.1, 0.15) is 32.3 Å². The van der Waals surface area contributed by atoms with Gasteiger partial charge in [-0.3, -0.25) is 4.79 Å². The van der Waals surface area contributed by atoms with Gasteiger partial charge in [0.1, 0.15) is 0 Å². The fraction of sp³-hybridized carbons (Fsp3) is 0.261. The van der Waals surface area contributed by atoms with Crippen LogP contribution in [-0.4, -0.2) is 22.4 Å². The third-order valence-electron chi connectivity index (χ3n) is 4.64. The van der Waals surface area contributed by atoms with Crippen molar-refractivity contribution in [3.8, 4) is 0 Å². The normalized spacial score (nSPS) is 12.0. The fourth-order valence-corrected chi connectivity index (χ4v) is 5.81. The summed E-state index contributed by atoms with van der Waals surface area (Å²) in [6, 6.07) is 15.4. The van der Waals surface area contributed by atoms with E-state index in [1.165, 1.54) is 0 Å². The molecule has 1 unspecified atom stereocenters. The molecule has 0 bridgehead atoms. The van der Waals surface area contributed by atoms with Crippen molar-refractivity contribution in [3.05, 3.63) is 75.1 Å². The molecule has 0 spiro atoms. The molecule has 1 atom stereocenters. The van der Waals surface area contributed by atoms with Gasteiger partial charge in [0.05, 0.1) is 0 Å². The van der Waals surface area contributed by atoms with Crippen molar-refractivity contribution in [2.75, 3.05) is 16.8 Å². The van der Waals surface area contributed by atoms with Crippen LogP contribution >= 0.6 is 35.1 Å². The van der Waals surface area contributed by atoms with Crippen LogP contribution in [0.2, 0.25) is 5.02 Å². The van der Waals surface area contributed by atoms with Gasteiger partial charge in [-0.15, -0.1) is 23.5 Å². The molecule has 0 fully saturated rings. The van der Waals surface area contributed by atoms with Gasteiger partial charge in [-0.1, -0.05) is 50.6 Å². The van der Waals surface area contributed by atoms with E-state index in [0.717, 1.165) is 43.5 Å². The number of aromatic nitrogens is 1. The molecular weight excluding hydrogens is 420 g/mol. The summed E-state index contributed by atoms with van der Waals surface area (Å²) in [5, 5.41) is 4.86. The smallest absolute Gasteiger partial charge is 0.253 e. The van der Waals surface area contributed by atoms with E-state index in [-0.39, 0.29) is 11.8 Å². The molecular formula is C23H25ClN2OS2. The first-order chi connectivity index (χ1) is 14.0. The number of hydrogen-bond donors (Lipinski definition) is 2. The minimum absolute atomic E-state index is 0.0495. The lowest BCUT2D eigenvalue weighted by atomic mass is 9.93. The Hall–Kier alpha value is -1.82. The van der Waals surface area contributed by atoms with E-state index < -0.39 is 0 Å². The molecule has 3 nitrogen and oxygen atoms in total. The molecule has 3 aromatic rings. The summed E-state index contributed by atoms with van der Waals surface area (Å²) in [5.41, 5.74) is 3.76. The lowest BCUT2D eigenvalue weighted by Crippen LogP contribution is -2.19. The number of rotatable bonds is 8. The number of benzene rings is 2. The lowest BCUT2D eigenvalue weighted by Gasteiger charge is -2.20. The number of nitrogens with one attached hydrogen (secondary N) is 2. The third kappa shape index (κ3) is 5.21. The lowest BCUT2D eigenvalue weighted by molar-refractivity contribution is -0.113. The maximum absolute atomic E-state index is 13.4. The monoisotopic (exact) mass is 444 g/mol. The SMILES string of the molecule is CCSC(SCC)=C(C(=O)Nc1ccc(Cl)cc1)C(C)c1c[nH]c2ccccc12. The van der Waals surface area contributed by atoms with Gasteiger partial charge in [-0.05, 0) is 47.4 Å². The molecule has 0 saturated heterocycles. The minimum Gasteiger partial charge on any atom is -0.361 e. The van der Waals surface area contributed by atoms with E-state index in [9.17, 15) is 4.79 Å². The highest BCUT2D eigenvalue weighted by atomic mass is 35.5. The molecule has 0 aliphatic carbocycles. The Kier molecular flexibility index (Phi) is 7.76. The molecule has 1 heterocycles. The molecule has 3 rings (SSSR count). The Balaban J connectivity index is 2.03. The number of anilines is 1. The first-order valence-corrected chi connectivity index (χ1v) is 12.0. The van der Waals surface area contributed by atoms with Crippen LogP contribution in [0.5, 0.6) is 0 Å². The quantitative estimate of drug-likeness (QED) is 0.359.